The molecule has 0 saturated carbocycles. The molecule has 0 fully saturated rings. The van der Waals surface area contributed by atoms with Gasteiger partial charge in [-0.2, -0.15) is 0 Å². The zero-order valence-electron chi connectivity index (χ0n) is 22.1. The highest BCUT2D eigenvalue weighted by Crippen LogP contribution is 2.30. The van der Waals surface area contributed by atoms with Crippen molar-refractivity contribution in [3.63, 3.8) is 0 Å². The van der Waals surface area contributed by atoms with E-state index < -0.39 is 28.5 Å². The fourth-order valence-corrected chi connectivity index (χ4v) is 5.70. The zero-order valence-corrected chi connectivity index (χ0v) is 23.7. The Morgan fingerprint density at radius 2 is 1.50 bits per heavy atom. The summed E-state index contributed by atoms with van der Waals surface area (Å²) in [7, 11) is -4.15. The van der Waals surface area contributed by atoms with Crippen LogP contribution in [0.25, 0.3) is 0 Å². The lowest BCUT2D eigenvalue weighted by Gasteiger charge is -2.32. The SMILES string of the molecule is Cc1ccc(S(=O)(=O)N(CC(=O)N(CCc2ccccc2)C(C)C(=O)NC(C)C)c2ccccc2Cl)cc1. The topological polar surface area (TPSA) is 86.8 Å². The van der Waals surface area contributed by atoms with Gasteiger partial charge in [0.05, 0.1) is 15.6 Å². The Labute approximate surface area is 230 Å². The van der Waals surface area contributed by atoms with E-state index in [2.05, 4.69) is 5.32 Å². The molecule has 0 aliphatic rings. The first kappa shape index (κ1) is 29.2. The molecular formula is C29H34ClN3O4S. The number of carbonyl (C=O) groups is 2. The van der Waals surface area contributed by atoms with Crippen molar-refractivity contribution in [2.45, 2.75) is 51.1 Å². The summed E-state index contributed by atoms with van der Waals surface area (Å²) in [4.78, 5) is 28.2. The maximum Gasteiger partial charge on any atom is 0.264 e. The van der Waals surface area contributed by atoms with Crippen LogP contribution < -0.4 is 9.62 Å². The lowest BCUT2D eigenvalue weighted by atomic mass is 10.1. The molecule has 0 aliphatic heterocycles. The minimum absolute atomic E-state index is 0.0391. The minimum atomic E-state index is -4.15. The number of carbonyl (C=O) groups excluding carboxylic acids is 2. The molecule has 1 N–H and O–H groups in total. The van der Waals surface area contributed by atoms with Crippen LogP contribution in [-0.2, 0) is 26.0 Å². The second-order valence-electron chi connectivity index (χ2n) is 9.44. The maximum absolute atomic E-state index is 13.8. The monoisotopic (exact) mass is 555 g/mol. The molecule has 7 nitrogen and oxygen atoms in total. The molecule has 0 bridgehead atoms. The molecule has 0 aliphatic carbocycles. The van der Waals surface area contributed by atoms with Gasteiger partial charge in [0, 0.05) is 12.6 Å². The molecule has 3 aromatic carbocycles. The number of hydrogen-bond donors (Lipinski definition) is 1. The summed E-state index contributed by atoms with van der Waals surface area (Å²) in [6, 6.07) is 21.6. The van der Waals surface area contributed by atoms with E-state index >= 15 is 0 Å². The van der Waals surface area contributed by atoms with Crippen LogP contribution in [0.5, 0.6) is 0 Å². The highest BCUT2D eigenvalue weighted by molar-refractivity contribution is 7.92. The number of sulfonamides is 1. The molecule has 0 radical (unpaired) electrons. The van der Waals surface area contributed by atoms with E-state index in [0.717, 1.165) is 15.4 Å². The lowest BCUT2D eigenvalue weighted by Crippen LogP contribution is -2.53. The maximum atomic E-state index is 13.8. The normalized spacial score (nSPS) is 12.2. The smallest absolute Gasteiger partial charge is 0.264 e. The molecule has 0 spiro atoms. The quantitative estimate of drug-likeness (QED) is 0.367. The van der Waals surface area contributed by atoms with Gasteiger partial charge in [0.2, 0.25) is 11.8 Å². The molecule has 3 rings (SSSR count). The molecule has 1 unspecified atom stereocenters. The molecule has 1 atom stereocenters. The number of hydrogen-bond acceptors (Lipinski definition) is 4. The first-order chi connectivity index (χ1) is 18.0. The van der Waals surface area contributed by atoms with Crippen molar-refractivity contribution in [1.29, 1.82) is 0 Å². The predicted octanol–water partition coefficient (Wildman–Crippen LogP) is 4.83. The van der Waals surface area contributed by atoms with Gasteiger partial charge < -0.3 is 10.2 Å². The highest BCUT2D eigenvalue weighted by atomic mass is 35.5. The van der Waals surface area contributed by atoms with Crippen molar-refractivity contribution in [3.8, 4) is 0 Å². The average Bonchev–Trinajstić information content (AvgIpc) is 2.88. The summed E-state index contributed by atoms with van der Waals surface area (Å²) >= 11 is 6.42. The molecule has 0 saturated heterocycles. The standard InChI is InChI=1S/C29H34ClN3O4S/c1-21(2)31-29(35)23(4)32(19-18-24-10-6-5-7-11-24)28(34)20-33(27-13-9-8-12-26(27)30)38(36,37)25-16-14-22(3)15-17-25/h5-17,21,23H,18-20H2,1-4H3,(H,31,35). The van der Waals surface area contributed by atoms with Crippen molar-refractivity contribution in [2.75, 3.05) is 17.4 Å². The number of halogens is 1. The van der Waals surface area contributed by atoms with Crippen molar-refractivity contribution in [3.05, 3.63) is 95.0 Å². The third-order valence-electron chi connectivity index (χ3n) is 6.09. The van der Waals surface area contributed by atoms with E-state index in [-0.39, 0.29) is 34.1 Å². The van der Waals surface area contributed by atoms with Gasteiger partial charge in [-0.3, -0.25) is 13.9 Å². The zero-order chi connectivity index (χ0) is 27.9. The average molecular weight is 556 g/mol. The number of rotatable bonds is 11. The van der Waals surface area contributed by atoms with E-state index in [1.165, 1.54) is 17.0 Å². The van der Waals surface area contributed by atoms with Crippen molar-refractivity contribution >= 4 is 39.1 Å². The Hall–Kier alpha value is -3.36. The van der Waals surface area contributed by atoms with E-state index in [9.17, 15) is 18.0 Å². The second kappa shape index (κ2) is 12.9. The van der Waals surface area contributed by atoms with Crippen LogP contribution in [0.2, 0.25) is 5.02 Å². The summed E-state index contributed by atoms with van der Waals surface area (Å²) in [5, 5.41) is 3.04. The number of aryl methyl sites for hydroxylation is 1. The van der Waals surface area contributed by atoms with Gasteiger partial charge in [-0.25, -0.2) is 8.42 Å². The van der Waals surface area contributed by atoms with Crippen LogP contribution in [0, 0.1) is 6.92 Å². The van der Waals surface area contributed by atoms with Crippen LogP contribution in [0.1, 0.15) is 31.9 Å². The van der Waals surface area contributed by atoms with Gasteiger partial charge in [0.1, 0.15) is 12.6 Å². The second-order valence-corrected chi connectivity index (χ2v) is 11.7. The number of benzene rings is 3. The highest BCUT2D eigenvalue weighted by Gasteiger charge is 2.33. The summed E-state index contributed by atoms with van der Waals surface area (Å²) in [6.45, 7) is 6.90. The van der Waals surface area contributed by atoms with E-state index in [1.807, 2.05) is 51.1 Å². The Morgan fingerprint density at radius 1 is 0.895 bits per heavy atom. The van der Waals surface area contributed by atoms with E-state index in [0.29, 0.717) is 6.42 Å². The van der Waals surface area contributed by atoms with Gasteiger partial charge >= 0.3 is 0 Å². The van der Waals surface area contributed by atoms with Gasteiger partial charge in [0.15, 0.2) is 0 Å². The summed E-state index contributed by atoms with van der Waals surface area (Å²) in [5.74, 6) is -0.824. The van der Waals surface area contributed by atoms with Crippen LogP contribution >= 0.6 is 11.6 Å². The molecule has 9 heteroatoms. The Kier molecular flexibility index (Phi) is 9.94. The van der Waals surface area contributed by atoms with Crippen molar-refractivity contribution in [1.82, 2.24) is 10.2 Å². The van der Waals surface area contributed by atoms with E-state index in [1.54, 1.807) is 43.3 Å². The summed E-state index contributed by atoms with van der Waals surface area (Å²) in [5.41, 5.74) is 2.09. The fraction of sp³-hybridized carbons (Fsp3) is 0.310. The predicted molar refractivity (Wildman–Crippen MR) is 152 cm³/mol. The number of nitrogens with zero attached hydrogens (tertiary/aromatic N) is 2. The molecule has 0 aromatic heterocycles. The molecular weight excluding hydrogens is 522 g/mol. The third kappa shape index (κ3) is 7.36. The van der Waals surface area contributed by atoms with E-state index in [4.69, 9.17) is 11.6 Å². The number of amides is 2. The lowest BCUT2D eigenvalue weighted by molar-refractivity contribution is -0.139. The van der Waals surface area contributed by atoms with Gasteiger partial charge in [0.25, 0.3) is 10.0 Å². The first-order valence-corrected chi connectivity index (χ1v) is 14.3. The van der Waals surface area contributed by atoms with Crippen LogP contribution in [0.15, 0.2) is 83.8 Å². The largest absolute Gasteiger partial charge is 0.352 e. The van der Waals surface area contributed by atoms with Gasteiger partial charge in [-0.15, -0.1) is 0 Å². The van der Waals surface area contributed by atoms with Crippen LogP contribution in [0.3, 0.4) is 0 Å². The summed E-state index contributed by atoms with van der Waals surface area (Å²) in [6.07, 6.45) is 0.503. The molecule has 202 valence electrons. The number of anilines is 1. The minimum Gasteiger partial charge on any atom is -0.352 e. The van der Waals surface area contributed by atoms with Crippen molar-refractivity contribution < 1.29 is 18.0 Å². The number of para-hydroxylation sites is 1. The number of nitrogens with one attached hydrogen (secondary N) is 1. The fourth-order valence-electron chi connectivity index (χ4n) is 3.98. The van der Waals surface area contributed by atoms with Gasteiger partial charge in [-0.05, 0) is 63.9 Å². The Balaban J connectivity index is 1.99. The molecule has 2 amide bonds. The molecule has 3 aromatic rings. The molecule has 0 heterocycles. The van der Waals surface area contributed by atoms with Crippen LogP contribution in [0.4, 0.5) is 5.69 Å². The Bertz CT molecular complexity index is 1350. The molecule has 38 heavy (non-hydrogen) atoms. The first-order valence-electron chi connectivity index (χ1n) is 12.5. The van der Waals surface area contributed by atoms with Crippen LogP contribution in [-0.4, -0.2) is 50.3 Å². The Morgan fingerprint density at radius 3 is 2.11 bits per heavy atom. The van der Waals surface area contributed by atoms with Gasteiger partial charge in [-0.1, -0.05) is 71.8 Å². The third-order valence-corrected chi connectivity index (χ3v) is 8.18. The van der Waals surface area contributed by atoms with Crippen molar-refractivity contribution in [2.24, 2.45) is 0 Å². The summed E-state index contributed by atoms with van der Waals surface area (Å²) < 4.78 is 28.6.